The third-order valence-electron chi connectivity index (χ3n) is 4.67. The maximum Gasteiger partial charge on any atom is 0.253 e. The van der Waals surface area contributed by atoms with Gasteiger partial charge in [-0.3, -0.25) is 4.79 Å². The summed E-state index contributed by atoms with van der Waals surface area (Å²) in [6, 6.07) is 16.2. The van der Waals surface area contributed by atoms with E-state index in [1.807, 2.05) is 44.2 Å². The summed E-state index contributed by atoms with van der Waals surface area (Å²) in [7, 11) is -3.30. The molecular formula is C21H25NO4S. The number of rotatable bonds is 4. The number of hydrogen-bond acceptors (Lipinski definition) is 4. The van der Waals surface area contributed by atoms with Crippen molar-refractivity contribution in [3.05, 3.63) is 65.7 Å². The molecule has 0 radical (unpaired) electrons. The second-order valence-corrected chi connectivity index (χ2v) is 9.34. The van der Waals surface area contributed by atoms with Crippen molar-refractivity contribution in [2.24, 2.45) is 0 Å². The van der Waals surface area contributed by atoms with Crippen LogP contribution in [0.4, 0.5) is 0 Å². The first-order chi connectivity index (χ1) is 12.9. The van der Waals surface area contributed by atoms with Crippen LogP contribution in [0.15, 0.2) is 54.6 Å². The lowest BCUT2D eigenvalue weighted by atomic mass is 10.1. The monoisotopic (exact) mass is 387 g/mol. The Balaban J connectivity index is 1.74. The van der Waals surface area contributed by atoms with E-state index in [0.29, 0.717) is 24.3 Å². The highest BCUT2D eigenvalue weighted by molar-refractivity contribution is 7.91. The van der Waals surface area contributed by atoms with Gasteiger partial charge in [0.15, 0.2) is 9.84 Å². The molecule has 0 aromatic heterocycles. The summed E-state index contributed by atoms with van der Waals surface area (Å²) in [6.45, 7) is 4.52. The lowest BCUT2D eigenvalue weighted by Gasteiger charge is -2.20. The van der Waals surface area contributed by atoms with Gasteiger partial charge in [-0.25, -0.2) is 8.42 Å². The van der Waals surface area contributed by atoms with E-state index in [1.54, 1.807) is 29.2 Å². The van der Waals surface area contributed by atoms with Gasteiger partial charge in [-0.2, -0.15) is 0 Å². The Bertz CT molecular complexity index is 876. The molecule has 144 valence electrons. The molecule has 2 aromatic carbocycles. The molecule has 1 atom stereocenters. The van der Waals surface area contributed by atoms with Gasteiger partial charge in [0.1, 0.15) is 5.75 Å². The zero-order valence-electron chi connectivity index (χ0n) is 15.7. The van der Waals surface area contributed by atoms with Crippen molar-refractivity contribution >= 4 is 15.7 Å². The number of sulfone groups is 1. The van der Waals surface area contributed by atoms with Crippen molar-refractivity contribution in [3.8, 4) is 5.75 Å². The number of hydrogen-bond donors (Lipinski definition) is 0. The van der Waals surface area contributed by atoms with Crippen LogP contribution >= 0.6 is 0 Å². The fourth-order valence-corrected chi connectivity index (χ4v) is 5.12. The normalized spacial score (nSPS) is 19.5. The van der Waals surface area contributed by atoms with Crippen molar-refractivity contribution in [1.82, 2.24) is 4.90 Å². The van der Waals surface area contributed by atoms with Gasteiger partial charge in [-0.15, -0.1) is 0 Å². The van der Waals surface area contributed by atoms with Crippen molar-refractivity contribution < 1.29 is 17.9 Å². The minimum atomic E-state index is -3.30. The second-order valence-electron chi connectivity index (χ2n) is 7.04. The largest absolute Gasteiger partial charge is 0.491 e. The number of carbonyl (C=O) groups excluding carboxylic acids is 1. The molecule has 1 aliphatic heterocycles. The summed E-state index contributed by atoms with van der Waals surface area (Å²) >= 11 is 0. The Morgan fingerprint density at radius 2 is 1.70 bits per heavy atom. The van der Waals surface area contributed by atoms with Crippen LogP contribution in [0, 0.1) is 0 Å². The van der Waals surface area contributed by atoms with E-state index < -0.39 is 15.1 Å². The van der Waals surface area contributed by atoms with Crippen molar-refractivity contribution in [1.29, 1.82) is 0 Å². The van der Waals surface area contributed by atoms with Crippen LogP contribution < -0.4 is 4.74 Å². The molecule has 1 fully saturated rings. The molecule has 0 saturated carbocycles. The Morgan fingerprint density at radius 1 is 1.04 bits per heavy atom. The lowest BCUT2D eigenvalue weighted by Crippen LogP contribution is -2.33. The second kappa shape index (κ2) is 8.13. The van der Waals surface area contributed by atoms with Gasteiger partial charge in [0, 0.05) is 18.7 Å². The number of nitrogens with zero attached hydrogens (tertiary/aromatic N) is 1. The molecule has 27 heavy (non-hydrogen) atoms. The maximum atomic E-state index is 12.8. The summed E-state index contributed by atoms with van der Waals surface area (Å²) in [5.41, 5.74) is 1.34. The molecule has 2 aromatic rings. The summed E-state index contributed by atoms with van der Waals surface area (Å²) in [6.07, 6.45) is 0.476. The molecule has 0 bridgehead atoms. The van der Waals surface area contributed by atoms with E-state index in [9.17, 15) is 13.2 Å². The van der Waals surface area contributed by atoms with Gasteiger partial charge >= 0.3 is 0 Å². The average molecular weight is 388 g/mol. The summed E-state index contributed by atoms with van der Waals surface area (Å²) in [5.74, 6) is 0.548. The molecule has 3 rings (SSSR count). The quantitative estimate of drug-likeness (QED) is 0.806. The molecule has 0 N–H and O–H groups in total. The Kier molecular flexibility index (Phi) is 5.85. The van der Waals surface area contributed by atoms with Crippen molar-refractivity contribution in [2.45, 2.75) is 31.6 Å². The average Bonchev–Trinajstić information content (AvgIpc) is 2.80. The SMILES string of the molecule is CC(C)Oc1ccc(C(=O)N2CC[C@@H](c3ccccc3)S(=O)(=O)CC2)cc1. The third-order valence-corrected chi connectivity index (χ3v) is 6.80. The Labute approximate surface area is 160 Å². The van der Waals surface area contributed by atoms with Crippen LogP contribution in [-0.4, -0.2) is 44.2 Å². The molecule has 0 spiro atoms. The summed E-state index contributed by atoms with van der Waals surface area (Å²) in [5, 5.41) is -0.557. The fraction of sp³-hybridized carbons (Fsp3) is 0.381. The molecule has 6 heteroatoms. The number of benzene rings is 2. The van der Waals surface area contributed by atoms with Gasteiger partial charge in [-0.1, -0.05) is 30.3 Å². The van der Waals surface area contributed by atoms with Crippen LogP contribution in [0.5, 0.6) is 5.75 Å². The van der Waals surface area contributed by atoms with E-state index in [0.717, 1.165) is 5.56 Å². The van der Waals surface area contributed by atoms with Crippen LogP contribution in [0.2, 0.25) is 0 Å². The molecule has 1 saturated heterocycles. The van der Waals surface area contributed by atoms with E-state index in [-0.39, 0.29) is 24.3 Å². The first-order valence-corrected chi connectivity index (χ1v) is 10.9. The maximum absolute atomic E-state index is 12.8. The van der Waals surface area contributed by atoms with E-state index in [2.05, 4.69) is 0 Å². The lowest BCUT2D eigenvalue weighted by molar-refractivity contribution is 0.0766. The van der Waals surface area contributed by atoms with Gasteiger partial charge in [0.25, 0.3) is 5.91 Å². The number of carbonyl (C=O) groups is 1. The fourth-order valence-electron chi connectivity index (χ4n) is 3.32. The van der Waals surface area contributed by atoms with E-state index in [1.165, 1.54) is 0 Å². The summed E-state index contributed by atoms with van der Waals surface area (Å²) < 4.78 is 31.0. The molecule has 1 amide bonds. The van der Waals surface area contributed by atoms with E-state index >= 15 is 0 Å². The third kappa shape index (κ3) is 4.69. The minimum absolute atomic E-state index is 0.0210. The number of amides is 1. The molecule has 0 unspecified atom stereocenters. The molecule has 1 aliphatic rings. The molecule has 0 aliphatic carbocycles. The van der Waals surface area contributed by atoms with Crippen LogP contribution in [0.25, 0.3) is 0 Å². The first kappa shape index (κ1) is 19.4. The molecule has 5 nitrogen and oxygen atoms in total. The molecule has 1 heterocycles. The first-order valence-electron chi connectivity index (χ1n) is 9.19. The van der Waals surface area contributed by atoms with Crippen LogP contribution in [-0.2, 0) is 9.84 Å². The van der Waals surface area contributed by atoms with Crippen molar-refractivity contribution in [3.63, 3.8) is 0 Å². The highest BCUT2D eigenvalue weighted by Crippen LogP contribution is 2.29. The van der Waals surface area contributed by atoms with Gasteiger partial charge in [-0.05, 0) is 50.1 Å². The Morgan fingerprint density at radius 3 is 2.33 bits per heavy atom. The minimum Gasteiger partial charge on any atom is -0.491 e. The van der Waals surface area contributed by atoms with Crippen LogP contribution in [0.3, 0.4) is 0 Å². The smallest absolute Gasteiger partial charge is 0.253 e. The predicted molar refractivity (Wildman–Crippen MR) is 106 cm³/mol. The van der Waals surface area contributed by atoms with Gasteiger partial charge < -0.3 is 9.64 Å². The Hall–Kier alpha value is -2.34. The zero-order valence-corrected chi connectivity index (χ0v) is 16.5. The predicted octanol–water partition coefficient (Wildman–Crippen LogP) is 3.48. The van der Waals surface area contributed by atoms with Crippen LogP contribution in [0.1, 0.15) is 41.4 Å². The topological polar surface area (TPSA) is 63.7 Å². The number of ether oxygens (including phenoxy) is 1. The summed E-state index contributed by atoms with van der Waals surface area (Å²) in [4.78, 5) is 14.5. The van der Waals surface area contributed by atoms with Crippen molar-refractivity contribution in [2.75, 3.05) is 18.8 Å². The highest BCUT2D eigenvalue weighted by Gasteiger charge is 2.32. The van der Waals surface area contributed by atoms with Gasteiger partial charge in [0.2, 0.25) is 0 Å². The highest BCUT2D eigenvalue weighted by atomic mass is 32.2. The molecular weight excluding hydrogens is 362 g/mol. The standard InChI is InChI=1S/C21H25NO4S/c1-16(2)26-19-10-8-18(9-11-19)21(23)22-13-12-20(27(24,25)15-14-22)17-6-4-3-5-7-17/h3-11,16,20H,12-15H2,1-2H3/t20-/m0/s1. The van der Waals surface area contributed by atoms with Gasteiger partial charge in [0.05, 0.1) is 17.1 Å². The zero-order chi connectivity index (χ0) is 19.4. The van der Waals surface area contributed by atoms with E-state index in [4.69, 9.17) is 4.74 Å².